The van der Waals surface area contributed by atoms with Crippen LogP contribution in [0.2, 0.25) is 0 Å². The fourth-order valence-corrected chi connectivity index (χ4v) is 10.3. The summed E-state index contributed by atoms with van der Waals surface area (Å²) in [5.41, 5.74) is 15.5. The Hall–Kier alpha value is -7.18. The lowest BCUT2D eigenvalue weighted by Gasteiger charge is -2.35. The standard InChI is InChI=1S/C64H63BN2O3/c1-61(2,3)40-20-28-44(29-21-40)66(45-30-22-41(23-31-45)62(4,5)6)48-36-37-50-55(38-48)68-53-18-15-19-54-58(53)65(50)59-56(69-54)39-51(57-49-16-13-14-17-52(49)70-60(57)59)67(46-32-24-42(25-33-46)63(7,8)9)47-34-26-43(27-35-47)64(10,11)12/h13-39H,1-12H3/i15D. The monoisotopic (exact) mass is 919 g/mol. The van der Waals surface area contributed by atoms with E-state index in [-0.39, 0.29) is 28.4 Å². The first-order valence-corrected chi connectivity index (χ1v) is 24.8. The van der Waals surface area contributed by atoms with Crippen molar-refractivity contribution in [1.29, 1.82) is 0 Å². The van der Waals surface area contributed by atoms with Gasteiger partial charge in [0.15, 0.2) is 0 Å². The van der Waals surface area contributed by atoms with Gasteiger partial charge in [0.2, 0.25) is 0 Å². The Morgan fingerprint density at radius 3 is 1.31 bits per heavy atom. The minimum absolute atomic E-state index is 0.0111. The van der Waals surface area contributed by atoms with Gasteiger partial charge in [-0.1, -0.05) is 162 Å². The molecule has 0 atom stereocenters. The average molecular weight is 920 g/mol. The van der Waals surface area contributed by atoms with E-state index in [1.807, 2.05) is 18.2 Å². The minimum Gasteiger partial charge on any atom is -0.458 e. The Kier molecular flexibility index (Phi) is 10.2. The van der Waals surface area contributed by atoms with Crippen molar-refractivity contribution >= 4 is 79.2 Å². The molecular formula is C64H63BN2O3. The Morgan fingerprint density at radius 1 is 0.414 bits per heavy atom. The number of ether oxygens (including phenoxy) is 2. The summed E-state index contributed by atoms with van der Waals surface area (Å²) in [7, 11) is 0. The molecule has 1 aromatic heterocycles. The van der Waals surface area contributed by atoms with Crippen LogP contribution in [0.4, 0.5) is 34.1 Å². The highest BCUT2D eigenvalue weighted by Crippen LogP contribution is 2.48. The second-order valence-electron chi connectivity index (χ2n) is 23.4. The van der Waals surface area contributed by atoms with Gasteiger partial charge in [0.1, 0.15) is 34.2 Å². The van der Waals surface area contributed by atoms with Crippen molar-refractivity contribution in [2.24, 2.45) is 0 Å². The van der Waals surface area contributed by atoms with Crippen molar-refractivity contribution in [1.82, 2.24) is 0 Å². The minimum atomic E-state index is -0.324. The number of nitrogens with zero attached hydrogens (tertiary/aromatic N) is 2. The highest BCUT2D eigenvalue weighted by atomic mass is 16.5. The molecule has 0 N–H and O–H groups in total. The molecule has 0 aliphatic carbocycles. The van der Waals surface area contributed by atoms with Gasteiger partial charge in [-0.05, 0) is 122 Å². The van der Waals surface area contributed by atoms with Gasteiger partial charge >= 0.3 is 0 Å². The molecule has 0 spiro atoms. The van der Waals surface area contributed by atoms with E-state index in [4.69, 9.17) is 15.3 Å². The summed E-state index contributed by atoms with van der Waals surface area (Å²) < 4.78 is 30.2. The van der Waals surface area contributed by atoms with Crippen LogP contribution in [0.25, 0.3) is 21.9 Å². The predicted molar refractivity (Wildman–Crippen MR) is 296 cm³/mol. The molecule has 0 unspecified atom stereocenters. The number of fused-ring (bicyclic) bond motifs is 8. The first-order valence-electron chi connectivity index (χ1n) is 25.3. The molecule has 0 radical (unpaired) electrons. The molecular weight excluding hydrogens is 856 g/mol. The van der Waals surface area contributed by atoms with E-state index in [0.29, 0.717) is 23.3 Å². The Bertz CT molecular complexity index is 3380. The zero-order valence-corrected chi connectivity index (χ0v) is 42.7. The maximum Gasteiger partial charge on any atom is 0.265 e. The lowest BCUT2D eigenvalue weighted by atomic mass is 9.34. The molecule has 6 heteroatoms. The largest absolute Gasteiger partial charge is 0.458 e. The zero-order valence-electron chi connectivity index (χ0n) is 43.7. The third-order valence-corrected chi connectivity index (χ3v) is 14.4. The summed E-state index contributed by atoms with van der Waals surface area (Å²) in [6.07, 6.45) is 0. The Labute approximate surface area is 416 Å². The van der Waals surface area contributed by atoms with Crippen molar-refractivity contribution in [2.75, 3.05) is 9.80 Å². The normalized spacial score (nSPS) is 13.5. The average Bonchev–Trinajstić information content (AvgIpc) is 3.71. The lowest BCUT2D eigenvalue weighted by molar-refractivity contribution is 0.464. The molecule has 8 aromatic carbocycles. The molecule has 0 saturated heterocycles. The molecule has 0 fully saturated rings. The molecule has 9 aromatic rings. The van der Waals surface area contributed by atoms with Crippen LogP contribution in [-0.4, -0.2) is 6.71 Å². The number of benzene rings is 8. The lowest BCUT2D eigenvalue weighted by Crippen LogP contribution is -2.57. The predicted octanol–water partition coefficient (Wildman–Crippen LogP) is 16.4. The first-order chi connectivity index (χ1) is 33.6. The molecule has 70 heavy (non-hydrogen) atoms. The van der Waals surface area contributed by atoms with Crippen LogP contribution >= 0.6 is 0 Å². The zero-order chi connectivity index (χ0) is 49.9. The van der Waals surface area contributed by atoms with Crippen molar-refractivity contribution in [3.63, 3.8) is 0 Å². The summed E-state index contributed by atoms with van der Waals surface area (Å²) in [6.45, 7) is 26.7. The summed E-state index contributed by atoms with van der Waals surface area (Å²) in [5.74, 6) is 2.62. The number of anilines is 6. The smallest absolute Gasteiger partial charge is 0.265 e. The van der Waals surface area contributed by atoms with Crippen LogP contribution in [0.1, 0.15) is 107 Å². The molecule has 5 nitrogen and oxygen atoms in total. The first kappa shape index (κ1) is 44.1. The maximum atomic E-state index is 9.06. The highest BCUT2D eigenvalue weighted by Gasteiger charge is 2.43. The molecule has 2 aliphatic rings. The molecule has 2 aliphatic heterocycles. The van der Waals surface area contributed by atoms with Gasteiger partial charge in [-0.2, -0.15) is 0 Å². The van der Waals surface area contributed by atoms with Gasteiger partial charge in [-0.25, -0.2) is 0 Å². The van der Waals surface area contributed by atoms with Crippen LogP contribution in [0.3, 0.4) is 0 Å². The van der Waals surface area contributed by atoms with E-state index in [1.54, 1.807) is 0 Å². The fourth-order valence-electron chi connectivity index (χ4n) is 10.3. The van der Waals surface area contributed by atoms with Gasteiger partial charge in [0, 0.05) is 56.9 Å². The fraction of sp³-hybridized carbons (Fsp3) is 0.250. The number of hydrogen-bond donors (Lipinski definition) is 0. The quantitative estimate of drug-likeness (QED) is 0.155. The van der Waals surface area contributed by atoms with E-state index in [0.717, 1.165) is 78.2 Å². The van der Waals surface area contributed by atoms with Crippen molar-refractivity contribution in [3.05, 3.63) is 186 Å². The Balaban J connectivity index is 1.13. The number of para-hydroxylation sites is 1. The van der Waals surface area contributed by atoms with Crippen molar-refractivity contribution in [3.8, 4) is 23.0 Å². The molecule has 11 rings (SSSR count). The van der Waals surface area contributed by atoms with E-state index in [1.165, 1.54) is 22.3 Å². The molecule has 0 saturated carbocycles. The number of hydrogen-bond acceptors (Lipinski definition) is 5. The van der Waals surface area contributed by atoms with Crippen LogP contribution in [0, 0.1) is 0 Å². The second-order valence-corrected chi connectivity index (χ2v) is 23.4. The van der Waals surface area contributed by atoms with Gasteiger partial charge in [0.05, 0.1) is 12.4 Å². The van der Waals surface area contributed by atoms with Crippen LogP contribution in [-0.2, 0) is 21.7 Å². The maximum absolute atomic E-state index is 9.06. The third-order valence-electron chi connectivity index (χ3n) is 14.4. The second kappa shape index (κ2) is 16.2. The summed E-state index contributed by atoms with van der Waals surface area (Å²) in [4.78, 5) is 4.65. The highest BCUT2D eigenvalue weighted by molar-refractivity contribution is 6.99. The third kappa shape index (κ3) is 7.82. The molecule has 3 heterocycles. The molecule has 0 bridgehead atoms. The van der Waals surface area contributed by atoms with Crippen molar-refractivity contribution in [2.45, 2.75) is 105 Å². The van der Waals surface area contributed by atoms with E-state index < -0.39 is 0 Å². The van der Waals surface area contributed by atoms with Crippen LogP contribution < -0.4 is 35.7 Å². The Morgan fingerprint density at radius 2 is 0.843 bits per heavy atom. The van der Waals surface area contributed by atoms with E-state index in [9.17, 15) is 0 Å². The van der Waals surface area contributed by atoms with Crippen LogP contribution in [0.5, 0.6) is 23.0 Å². The molecule has 350 valence electrons. The van der Waals surface area contributed by atoms with Gasteiger partial charge in [-0.3, -0.25) is 0 Å². The van der Waals surface area contributed by atoms with Gasteiger partial charge in [-0.15, -0.1) is 0 Å². The van der Waals surface area contributed by atoms with Gasteiger partial charge in [0.25, 0.3) is 6.71 Å². The SMILES string of the molecule is [2H]c1cc2c3c(c1)Oc1cc(N(c4ccc(C(C)(C)C)cc4)c4ccc(C(C)(C)C)cc4)c4c(oc5ccccc54)c1B3c1ccc(N(c3ccc(C(C)(C)C)cc3)c3ccc(C(C)(C)C)cc3)cc1O2. The van der Waals surface area contributed by atoms with E-state index in [2.05, 4.69) is 232 Å². The number of furan rings is 1. The number of rotatable bonds is 6. The van der Waals surface area contributed by atoms with E-state index >= 15 is 0 Å². The van der Waals surface area contributed by atoms with Gasteiger partial charge < -0.3 is 23.7 Å². The summed E-state index contributed by atoms with van der Waals surface area (Å²) in [5, 5.41) is 2.02. The molecule has 0 amide bonds. The van der Waals surface area contributed by atoms with Crippen molar-refractivity contribution < 1.29 is 15.3 Å². The topological polar surface area (TPSA) is 38.1 Å². The van der Waals surface area contributed by atoms with Crippen LogP contribution in [0.15, 0.2) is 168 Å². The summed E-state index contributed by atoms with van der Waals surface area (Å²) in [6, 6.07) is 56.8. The summed E-state index contributed by atoms with van der Waals surface area (Å²) >= 11 is 0.